The molecule has 0 unspecified atom stereocenters. The molecule has 0 aliphatic heterocycles. The van der Waals surface area contributed by atoms with Gasteiger partial charge in [-0.3, -0.25) is 9.59 Å². The van der Waals surface area contributed by atoms with Crippen LogP contribution in [0.3, 0.4) is 0 Å². The fraction of sp³-hybridized carbons (Fsp3) is 0.125. The van der Waals surface area contributed by atoms with E-state index in [1.54, 1.807) is 48.5 Å². The minimum Gasteiger partial charge on any atom is -0.305 e. The maximum absolute atomic E-state index is 12.3. The van der Waals surface area contributed by atoms with Crippen LogP contribution < -0.4 is 4.90 Å². The van der Waals surface area contributed by atoms with E-state index in [1.165, 1.54) is 12.1 Å². The molecule has 6 heteroatoms. The minimum atomic E-state index is -3.51. The topological polar surface area (TPSA) is 71.5 Å². The summed E-state index contributed by atoms with van der Waals surface area (Å²) >= 11 is 0. The second-order valence-corrected chi connectivity index (χ2v) is 6.68. The second kappa shape index (κ2) is 7.00. The molecule has 2 rings (SSSR count). The number of carbonyl (C=O) groups is 2. The van der Waals surface area contributed by atoms with Gasteiger partial charge in [0.1, 0.15) is 0 Å². The van der Waals surface area contributed by atoms with Crippen molar-refractivity contribution in [1.29, 1.82) is 0 Å². The van der Waals surface area contributed by atoms with E-state index in [9.17, 15) is 18.0 Å². The lowest BCUT2D eigenvalue weighted by atomic mass is 10.3. The summed E-state index contributed by atoms with van der Waals surface area (Å²) in [6, 6.07) is 16.5. The van der Waals surface area contributed by atoms with Crippen molar-refractivity contribution >= 4 is 27.7 Å². The van der Waals surface area contributed by atoms with Crippen LogP contribution in [0.1, 0.15) is 0 Å². The van der Waals surface area contributed by atoms with Crippen LogP contribution in [0.15, 0.2) is 65.6 Å². The van der Waals surface area contributed by atoms with Crippen LogP contribution in [0.5, 0.6) is 0 Å². The Hall–Kier alpha value is -2.47. The molecular weight excluding hydrogens is 302 g/mol. The molecule has 0 heterocycles. The van der Waals surface area contributed by atoms with Gasteiger partial charge in [-0.25, -0.2) is 8.42 Å². The van der Waals surface area contributed by atoms with E-state index in [0.29, 0.717) is 5.69 Å². The summed E-state index contributed by atoms with van der Waals surface area (Å²) in [4.78, 5) is 23.9. The van der Waals surface area contributed by atoms with E-state index in [-0.39, 0.29) is 23.5 Å². The molecule has 5 nitrogen and oxygen atoms in total. The average Bonchev–Trinajstić information content (AvgIpc) is 2.56. The van der Waals surface area contributed by atoms with Gasteiger partial charge < -0.3 is 4.90 Å². The Balaban J connectivity index is 2.19. The highest BCUT2D eigenvalue weighted by atomic mass is 32.2. The molecular formula is C16H15NO4S. The van der Waals surface area contributed by atoms with Crippen LogP contribution in [0.4, 0.5) is 5.69 Å². The molecule has 2 aromatic carbocycles. The maximum atomic E-state index is 12.3. The Labute approximate surface area is 129 Å². The lowest BCUT2D eigenvalue weighted by Gasteiger charge is -2.20. The molecule has 0 saturated carbocycles. The Morgan fingerprint density at radius 3 is 2.05 bits per heavy atom. The van der Waals surface area contributed by atoms with Crippen molar-refractivity contribution in [3.05, 3.63) is 60.7 Å². The Morgan fingerprint density at radius 2 is 1.50 bits per heavy atom. The fourth-order valence-corrected chi connectivity index (χ4v) is 3.23. The summed E-state index contributed by atoms with van der Waals surface area (Å²) in [5.41, 5.74) is 0.489. The van der Waals surface area contributed by atoms with Crippen molar-refractivity contribution in [2.24, 2.45) is 0 Å². The number of amides is 1. The quantitative estimate of drug-likeness (QED) is 0.600. The first-order valence-electron chi connectivity index (χ1n) is 6.64. The van der Waals surface area contributed by atoms with Crippen LogP contribution in [0.2, 0.25) is 0 Å². The van der Waals surface area contributed by atoms with Gasteiger partial charge in [0, 0.05) is 12.2 Å². The molecule has 0 aromatic heterocycles. The number of hydrogen-bond acceptors (Lipinski definition) is 4. The van der Waals surface area contributed by atoms with Crippen molar-refractivity contribution in [3.8, 4) is 0 Å². The van der Waals surface area contributed by atoms with Gasteiger partial charge in [0.25, 0.3) is 5.91 Å². The minimum absolute atomic E-state index is 0.0845. The zero-order valence-electron chi connectivity index (χ0n) is 11.8. The smallest absolute Gasteiger partial charge is 0.291 e. The Bertz CT molecular complexity index is 742. The molecule has 2 aromatic rings. The number of benzene rings is 2. The number of para-hydroxylation sites is 1. The van der Waals surface area contributed by atoms with Crippen LogP contribution >= 0.6 is 0 Å². The summed E-state index contributed by atoms with van der Waals surface area (Å²) in [6.07, 6.45) is 0.183. The van der Waals surface area contributed by atoms with Crippen molar-refractivity contribution in [2.45, 2.75) is 4.90 Å². The second-order valence-electron chi connectivity index (χ2n) is 4.58. The number of sulfone groups is 1. The molecule has 0 N–H and O–H groups in total. The number of anilines is 1. The van der Waals surface area contributed by atoms with E-state index in [4.69, 9.17) is 0 Å². The Kier molecular flexibility index (Phi) is 5.06. The SMILES string of the molecule is O=CC(=O)N(CCS(=O)(=O)c1ccccc1)c1ccccc1. The molecule has 0 radical (unpaired) electrons. The van der Waals surface area contributed by atoms with Crippen molar-refractivity contribution in [3.63, 3.8) is 0 Å². The fourth-order valence-electron chi connectivity index (χ4n) is 2.00. The molecule has 0 fully saturated rings. The first kappa shape index (κ1) is 15.9. The molecule has 0 aliphatic carbocycles. The molecule has 0 aliphatic rings. The third kappa shape index (κ3) is 3.79. The molecule has 22 heavy (non-hydrogen) atoms. The number of nitrogens with zero attached hydrogens (tertiary/aromatic N) is 1. The summed E-state index contributed by atoms with van der Waals surface area (Å²) in [6.45, 7) is -0.0845. The largest absolute Gasteiger partial charge is 0.305 e. The van der Waals surface area contributed by atoms with E-state index in [1.807, 2.05) is 0 Å². The number of aldehydes is 1. The van der Waals surface area contributed by atoms with Crippen LogP contribution in [0, 0.1) is 0 Å². The zero-order chi connectivity index (χ0) is 16.0. The number of hydrogen-bond donors (Lipinski definition) is 0. The highest BCUT2D eigenvalue weighted by Gasteiger charge is 2.20. The highest BCUT2D eigenvalue weighted by molar-refractivity contribution is 7.91. The van der Waals surface area contributed by atoms with Gasteiger partial charge >= 0.3 is 0 Å². The Morgan fingerprint density at radius 1 is 0.955 bits per heavy atom. The molecule has 114 valence electrons. The summed E-state index contributed by atoms with van der Waals surface area (Å²) in [5.74, 6) is -1.03. The molecule has 0 bridgehead atoms. The van der Waals surface area contributed by atoms with Gasteiger partial charge in [-0.1, -0.05) is 36.4 Å². The third-order valence-electron chi connectivity index (χ3n) is 3.12. The highest BCUT2D eigenvalue weighted by Crippen LogP contribution is 2.15. The lowest BCUT2D eigenvalue weighted by molar-refractivity contribution is -0.129. The normalized spacial score (nSPS) is 10.9. The summed E-state index contributed by atoms with van der Waals surface area (Å²) in [5, 5.41) is 0. The standard InChI is InChI=1S/C16H15NO4S/c18-13-16(19)17(14-7-3-1-4-8-14)11-12-22(20,21)15-9-5-2-6-10-15/h1-10,13H,11-12H2. The first-order chi connectivity index (χ1) is 10.5. The molecule has 1 amide bonds. The number of carbonyl (C=O) groups excluding carboxylic acids is 2. The van der Waals surface area contributed by atoms with Crippen LogP contribution in [0.25, 0.3) is 0 Å². The molecule has 0 spiro atoms. The molecule has 0 saturated heterocycles. The predicted molar refractivity (Wildman–Crippen MR) is 83.4 cm³/mol. The van der Waals surface area contributed by atoms with Crippen molar-refractivity contribution in [1.82, 2.24) is 0 Å². The monoisotopic (exact) mass is 317 g/mol. The van der Waals surface area contributed by atoms with Crippen LogP contribution in [-0.4, -0.2) is 32.9 Å². The summed E-state index contributed by atoms with van der Waals surface area (Å²) < 4.78 is 24.5. The lowest BCUT2D eigenvalue weighted by Crippen LogP contribution is -2.35. The van der Waals surface area contributed by atoms with Crippen molar-refractivity contribution < 1.29 is 18.0 Å². The van der Waals surface area contributed by atoms with Gasteiger partial charge in [0.05, 0.1) is 10.6 Å². The van der Waals surface area contributed by atoms with E-state index < -0.39 is 15.7 Å². The van der Waals surface area contributed by atoms with Crippen molar-refractivity contribution in [2.75, 3.05) is 17.2 Å². The van der Waals surface area contributed by atoms with Gasteiger partial charge in [-0.2, -0.15) is 0 Å². The van der Waals surface area contributed by atoms with Gasteiger partial charge in [-0.15, -0.1) is 0 Å². The maximum Gasteiger partial charge on any atom is 0.291 e. The van der Waals surface area contributed by atoms with E-state index >= 15 is 0 Å². The third-order valence-corrected chi connectivity index (χ3v) is 4.83. The van der Waals surface area contributed by atoms with Crippen LogP contribution in [-0.2, 0) is 19.4 Å². The van der Waals surface area contributed by atoms with E-state index in [0.717, 1.165) is 4.90 Å². The zero-order valence-corrected chi connectivity index (χ0v) is 12.6. The van der Waals surface area contributed by atoms with Gasteiger partial charge in [-0.05, 0) is 24.3 Å². The molecule has 0 atom stereocenters. The average molecular weight is 317 g/mol. The van der Waals surface area contributed by atoms with Gasteiger partial charge in [0.2, 0.25) is 6.29 Å². The van der Waals surface area contributed by atoms with Gasteiger partial charge in [0.15, 0.2) is 9.84 Å². The van der Waals surface area contributed by atoms with E-state index in [2.05, 4.69) is 0 Å². The first-order valence-corrected chi connectivity index (χ1v) is 8.29. The summed E-state index contributed by atoms with van der Waals surface area (Å²) in [7, 11) is -3.51. The number of rotatable bonds is 6. The predicted octanol–water partition coefficient (Wildman–Crippen LogP) is 1.69.